The number of nitrogens with one attached hydrogen (secondary N) is 2. The molecule has 2 atom stereocenters. The second-order valence-electron chi connectivity index (χ2n) is 5.68. The van der Waals surface area contributed by atoms with E-state index in [0.717, 1.165) is 25.9 Å². The van der Waals surface area contributed by atoms with Gasteiger partial charge in [-0.2, -0.15) is 0 Å². The Bertz CT molecular complexity index is 353. The van der Waals surface area contributed by atoms with Crippen LogP contribution in [0.2, 0.25) is 0 Å². The maximum atomic E-state index is 12.2. The molecule has 3 fully saturated rings. The first-order valence-corrected chi connectivity index (χ1v) is 6.45. The smallest absolute Gasteiger partial charge is 0.322 e. The van der Waals surface area contributed by atoms with Crippen LogP contribution in [0.3, 0.4) is 0 Å². The van der Waals surface area contributed by atoms with Gasteiger partial charge in [0.2, 0.25) is 0 Å². The Morgan fingerprint density at radius 3 is 2.24 bits per heavy atom. The fraction of sp³-hybridized carbons (Fsp3) is 0.833. The summed E-state index contributed by atoms with van der Waals surface area (Å²) >= 11 is 0. The quantitative estimate of drug-likeness (QED) is 0.596. The van der Waals surface area contributed by atoms with Gasteiger partial charge in [-0.15, -0.1) is 0 Å². The van der Waals surface area contributed by atoms with Gasteiger partial charge in [-0.25, -0.2) is 4.79 Å². The Labute approximate surface area is 101 Å². The third-order valence-electron chi connectivity index (χ3n) is 4.63. The maximum Gasteiger partial charge on any atom is 0.322 e. The van der Waals surface area contributed by atoms with Gasteiger partial charge < -0.3 is 10.2 Å². The summed E-state index contributed by atoms with van der Waals surface area (Å²) in [4.78, 5) is 26.0. The Morgan fingerprint density at radius 2 is 1.76 bits per heavy atom. The van der Waals surface area contributed by atoms with Crippen molar-refractivity contribution in [3.8, 4) is 0 Å². The Balaban J connectivity index is 2.01. The second kappa shape index (κ2) is 3.70. The van der Waals surface area contributed by atoms with Crippen LogP contribution < -0.4 is 10.6 Å². The van der Waals surface area contributed by atoms with Crippen molar-refractivity contribution in [2.75, 3.05) is 20.1 Å². The van der Waals surface area contributed by atoms with E-state index in [1.54, 1.807) is 0 Å². The number of likely N-dealkylation sites (tertiary alicyclic amines) is 1. The highest BCUT2D eigenvalue weighted by atomic mass is 16.2. The molecule has 3 rings (SSSR count). The number of urea groups is 1. The molecular weight excluding hydrogens is 218 g/mol. The van der Waals surface area contributed by atoms with Gasteiger partial charge in [0.15, 0.2) is 0 Å². The highest BCUT2D eigenvalue weighted by Crippen LogP contribution is 2.42. The van der Waals surface area contributed by atoms with Crippen LogP contribution >= 0.6 is 0 Å². The van der Waals surface area contributed by atoms with Crippen LogP contribution in [0.4, 0.5) is 4.79 Å². The van der Waals surface area contributed by atoms with E-state index in [1.807, 2.05) is 0 Å². The van der Waals surface area contributed by atoms with Gasteiger partial charge in [0.05, 0.1) is 0 Å². The standard InChI is InChI=1S/C12H19N3O2/c1-15-6-8-4-2-3-5-9(7-15)12(8)10(16)13-11(17)14-12/h8-9H,2-7H2,1H3,(H2,13,14,16,17)/t8-,9-/m1/s1. The van der Waals surface area contributed by atoms with E-state index in [0.29, 0.717) is 0 Å². The fourth-order valence-electron chi connectivity index (χ4n) is 3.93. The Kier molecular flexibility index (Phi) is 2.40. The van der Waals surface area contributed by atoms with E-state index in [-0.39, 0.29) is 23.8 Å². The predicted octanol–water partition coefficient (Wildman–Crippen LogP) is 0.316. The van der Waals surface area contributed by atoms with Crippen molar-refractivity contribution in [2.24, 2.45) is 11.8 Å². The van der Waals surface area contributed by atoms with Crippen molar-refractivity contribution in [2.45, 2.75) is 31.2 Å². The zero-order chi connectivity index (χ0) is 12.0. The Morgan fingerprint density at radius 1 is 1.18 bits per heavy atom. The molecule has 0 aromatic carbocycles. The first-order valence-electron chi connectivity index (χ1n) is 6.45. The number of amides is 3. The molecule has 2 saturated heterocycles. The summed E-state index contributed by atoms with van der Waals surface area (Å²) in [5.74, 6) is 0.438. The normalized spacial score (nSPS) is 42.2. The number of carbonyl (C=O) groups excluding carboxylic acids is 2. The first-order chi connectivity index (χ1) is 8.13. The molecule has 1 spiro atoms. The van der Waals surface area contributed by atoms with Gasteiger partial charge >= 0.3 is 6.03 Å². The zero-order valence-electron chi connectivity index (χ0n) is 10.2. The van der Waals surface area contributed by atoms with Crippen LogP contribution in [0.25, 0.3) is 0 Å². The number of carbonyl (C=O) groups is 2. The van der Waals surface area contributed by atoms with Crippen LogP contribution in [0.1, 0.15) is 25.7 Å². The molecule has 1 aliphatic carbocycles. The molecule has 2 bridgehead atoms. The van der Waals surface area contributed by atoms with Crippen molar-refractivity contribution < 1.29 is 9.59 Å². The minimum Gasteiger partial charge on any atom is -0.323 e. The predicted molar refractivity (Wildman–Crippen MR) is 62.4 cm³/mol. The monoisotopic (exact) mass is 237 g/mol. The molecule has 0 unspecified atom stereocenters. The number of rotatable bonds is 0. The number of hydrogen-bond donors (Lipinski definition) is 2. The summed E-state index contributed by atoms with van der Waals surface area (Å²) in [6.07, 6.45) is 4.41. The number of nitrogens with zero attached hydrogens (tertiary/aromatic N) is 1. The zero-order valence-corrected chi connectivity index (χ0v) is 10.2. The van der Waals surface area contributed by atoms with Crippen molar-refractivity contribution >= 4 is 11.9 Å². The van der Waals surface area contributed by atoms with Crippen molar-refractivity contribution in [1.29, 1.82) is 0 Å². The average Bonchev–Trinajstić information content (AvgIpc) is 2.51. The molecule has 0 aromatic heterocycles. The number of piperidine rings is 1. The highest BCUT2D eigenvalue weighted by molar-refractivity contribution is 6.07. The highest BCUT2D eigenvalue weighted by Gasteiger charge is 2.59. The lowest BCUT2D eigenvalue weighted by Crippen LogP contribution is -2.65. The van der Waals surface area contributed by atoms with E-state index in [2.05, 4.69) is 22.6 Å². The Hall–Kier alpha value is -1.10. The molecular formula is C12H19N3O2. The number of hydrogen-bond acceptors (Lipinski definition) is 3. The molecule has 2 aliphatic heterocycles. The maximum absolute atomic E-state index is 12.2. The van der Waals surface area contributed by atoms with E-state index in [4.69, 9.17) is 0 Å². The molecule has 2 N–H and O–H groups in total. The van der Waals surface area contributed by atoms with E-state index in [9.17, 15) is 9.59 Å². The van der Waals surface area contributed by atoms with E-state index < -0.39 is 5.54 Å². The molecule has 94 valence electrons. The largest absolute Gasteiger partial charge is 0.323 e. The van der Waals surface area contributed by atoms with Crippen LogP contribution in [-0.2, 0) is 4.79 Å². The molecule has 0 aromatic rings. The third kappa shape index (κ3) is 1.48. The minimum absolute atomic E-state index is 0.0903. The summed E-state index contributed by atoms with van der Waals surface area (Å²) in [7, 11) is 2.10. The molecule has 1 saturated carbocycles. The molecule has 17 heavy (non-hydrogen) atoms. The SMILES string of the molecule is CN1C[C@H]2CCCC[C@H](C1)C21NC(=O)NC1=O. The van der Waals surface area contributed by atoms with Gasteiger partial charge in [-0.3, -0.25) is 10.1 Å². The van der Waals surface area contributed by atoms with Gasteiger partial charge in [-0.05, 0) is 19.9 Å². The number of imide groups is 1. The van der Waals surface area contributed by atoms with Crippen molar-refractivity contribution in [1.82, 2.24) is 15.5 Å². The lowest BCUT2D eigenvalue weighted by molar-refractivity contribution is -0.131. The lowest BCUT2D eigenvalue weighted by Gasteiger charge is -2.47. The first kappa shape index (κ1) is 11.0. The molecule has 2 heterocycles. The molecule has 5 heteroatoms. The van der Waals surface area contributed by atoms with E-state index >= 15 is 0 Å². The summed E-state index contributed by atoms with van der Waals surface area (Å²) in [5.41, 5.74) is -0.611. The van der Waals surface area contributed by atoms with Gasteiger partial charge in [-0.1, -0.05) is 12.8 Å². The molecule has 0 radical (unpaired) electrons. The lowest BCUT2D eigenvalue weighted by atomic mass is 9.70. The fourth-order valence-corrected chi connectivity index (χ4v) is 3.93. The van der Waals surface area contributed by atoms with Gasteiger partial charge in [0.1, 0.15) is 5.54 Å². The summed E-state index contributed by atoms with van der Waals surface area (Å²) in [6, 6.07) is -0.309. The van der Waals surface area contributed by atoms with Crippen molar-refractivity contribution in [3.63, 3.8) is 0 Å². The average molecular weight is 237 g/mol. The second-order valence-corrected chi connectivity index (χ2v) is 5.68. The molecule has 5 nitrogen and oxygen atoms in total. The van der Waals surface area contributed by atoms with E-state index in [1.165, 1.54) is 12.8 Å². The van der Waals surface area contributed by atoms with Crippen LogP contribution in [0, 0.1) is 11.8 Å². The van der Waals surface area contributed by atoms with Crippen molar-refractivity contribution in [3.05, 3.63) is 0 Å². The van der Waals surface area contributed by atoms with Crippen LogP contribution in [-0.4, -0.2) is 42.5 Å². The molecule has 3 amide bonds. The van der Waals surface area contributed by atoms with Gasteiger partial charge in [0.25, 0.3) is 5.91 Å². The summed E-state index contributed by atoms with van der Waals surface area (Å²) < 4.78 is 0. The van der Waals surface area contributed by atoms with Gasteiger partial charge in [0, 0.05) is 24.9 Å². The summed E-state index contributed by atoms with van der Waals surface area (Å²) in [5, 5.41) is 5.40. The minimum atomic E-state index is -0.611. The molecule has 3 aliphatic rings. The third-order valence-corrected chi connectivity index (χ3v) is 4.63. The topological polar surface area (TPSA) is 61.4 Å². The summed E-state index contributed by atoms with van der Waals surface area (Å²) in [6.45, 7) is 1.81. The van der Waals surface area contributed by atoms with Crippen LogP contribution in [0.5, 0.6) is 0 Å². The van der Waals surface area contributed by atoms with Crippen LogP contribution in [0.15, 0.2) is 0 Å².